The topological polar surface area (TPSA) is 84.4 Å². The predicted molar refractivity (Wildman–Crippen MR) is 64.6 cm³/mol. The van der Waals surface area contributed by atoms with Crippen molar-refractivity contribution in [1.82, 2.24) is 10.2 Å². The van der Waals surface area contributed by atoms with Gasteiger partial charge in [-0.05, 0) is 25.8 Å². The van der Waals surface area contributed by atoms with Crippen LogP contribution in [0.3, 0.4) is 0 Å². The SMILES string of the molecule is CC(C)C(N)C(=O)NC1(N)CCN(C)CC1. The van der Waals surface area contributed by atoms with Gasteiger partial charge in [0.15, 0.2) is 0 Å². The van der Waals surface area contributed by atoms with Crippen LogP contribution in [0.4, 0.5) is 0 Å². The monoisotopic (exact) mass is 228 g/mol. The average molecular weight is 228 g/mol. The fourth-order valence-corrected chi connectivity index (χ4v) is 1.77. The van der Waals surface area contributed by atoms with Crippen molar-refractivity contribution in [3.63, 3.8) is 0 Å². The highest BCUT2D eigenvalue weighted by Crippen LogP contribution is 2.16. The fourth-order valence-electron chi connectivity index (χ4n) is 1.77. The number of nitrogens with two attached hydrogens (primary N) is 2. The fraction of sp³-hybridized carbons (Fsp3) is 0.909. The molecule has 0 aromatic rings. The van der Waals surface area contributed by atoms with Gasteiger partial charge in [0, 0.05) is 13.1 Å². The van der Waals surface area contributed by atoms with E-state index >= 15 is 0 Å². The second kappa shape index (κ2) is 5.12. The van der Waals surface area contributed by atoms with Crippen molar-refractivity contribution in [3.8, 4) is 0 Å². The maximum Gasteiger partial charge on any atom is 0.238 e. The summed E-state index contributed by atoms with van der Waals surface area (Å²) in [6, 6.07) is -0.472. The van der Waals surface area contributed by atoms with Gasteiger partial charge in [-0.3, -0.25) is 4.79 Å². The van der Waals surface area contributed by atoms with Gasteiger partial charge < -0.3 is 21.7 Å². The summed E-state index contributed by atoms with van der Waals surface area (Å²) in [5.74, 6) is -0.00285. The Morgan fingerprint density at radius 1 is 1.38 bits per heavy atom. The summed E-state index contributed by atoms with van der Waals surface area (Å²) in [4.78, 5) is 14.0. The standard InChI is InChI=1S/C11H24N4O/c1-8(2)9(12)10(16)14-11(13)4-6-15(3)7-5-11/h8-9H,4-7,12-13H2,1-3H3,(H,14,16). The molecule has 1 unspecified atom stereocenters. The normalized spacial score (nSPS) is 23.1. The lowest BCUT2D eigenvalue weighted by molar-refractivity contribution is -0.125. The number of hydrogen-bond acceptors (Lipinski definition) is 4. The Labute approximate surface area is 97.5 Å². The molecule has 1 heterocycles. The van der Waals surface area contributed by atoms with Gasteiger partial charge in [-0.15, -0.1) is 0 Å². The van der Waals surface area contributed by atoms with Crippen LogP contribution in [0.25, 0.3) is 0 Å². The first kappa shape index (κ1) is 13.4. The van der Waals surface area contributed by atoms with E-state index in [0.717, 1.165) is 25.9 Å². The lowest BCUT2D eigenvalue weighted by Gasteiger charge is -2.39. The molecule has 1 amide bonds. The minimum atomic E-state index is -0.573. The quantitative estimate of drug-likeness (QED) is 0.567. The molecule has 5 N–H and O–H groups in total. The van der Waals surface area contributed by atoms with Crippen molar-refractivity contribution in [1.29, 1.82) is 0 Å². The van der Waals surface area contributed by atoms with E-state index in [1.165, 1.54) is 0 Å². The largest absolute Gasteiger partial charge is 0.337 e. The Kier molecular flexibility index (Phi) is 4.29. The Balaban J connectivity index is 2.50. The summed E-state index contributed by atoms with van der Waals surface area (Å²) in [6.07, 6.45) is 1.56. The van der Waals surface area contributed by atoms with E-state index in [9.17, 15) is 4.79 Å². The molecule has 0 aliphatic carbocycles. The average Bonchev–Trinajstić information content (AvgIpc) is 2.21. The van der Waals surface area contributed by atoms with E-state index in [0.29, 0.717) is 0 Å². The van der Waals surface area contributed by atoms with Crippen LogP contribution in [0.1, 0.15) is 26.7 Å². The van der Waals surface area contributed by atoms with Crippen LogP contribution in [0, 0.1) is 5.92 Å². The van der Waals surface area contributed by atoms with Crippen molar-refractivity contribution in [3.05, 3.63) is 0 Å². The molecule has 1 fully saturated rings. The molecule has 5 nitrogen and oxygen atoms in total. The Morgan fingerprint density at radius 2 is 1.88 bits per heavy atom. The third-order valence-electron chi connectivity index (χ3n) is 3.27. The molecule has 1 aliphatic rings. The molecule has 94 valence electrons. The first-order valence-corrected chi connectivity index (χ1v) is 5.89. The maximum atomic E-state index is 11.8. The third-order valence-corrected chi connectivity index (χ3v) is 3.27. The van der Waals surface area contributed by atoms with Gasteiger partial charge >= 0.3 is 0 Å². The summed E-state index contributed by atoms with van der Waals surface area (Å²) in [7, 11) is 2.06. The molecule has 0 aromatic carbocycles. The molecule has 1 atom stereocenters. The van der Waals surface area contributed by atoms with Gasteiger partial charge in [0.05, 0.1) is 11.7 Å². The number of piperidine rings is 1. The Bertz CT molecular complexity index is 246. The summed E-state index contributed by atoms with van der Waals surface area (Å²) >= 11 is 0. The van der Waals surface area contributed by atoms with E-state index in [-0.39, 0.29) is 11.8 Å². The summed E-state index contributed by atoms with van der Waals surface area (Å²) in [5.41, 5.74) is 11.4. The van der Waals surface area contributed by atoms with Gasteiger partial charge in [-0.2, -0.15) is 0 Å². The van der Waals surface area contributed by atoms with Crippen molar-refractivity contribution in [2.24, 2.45) is 17.4 Å². The number of rotatable bonds is 3. The van der Waals surface area contributed by atoms with Gasteiger partial charge in [-0.1, -0.05) is 13.8 Å². The molecule has 0 radical (unpaired) electrons. The molecule has 0 aromatic heterocycles. The molecule has 1 aliphatic heterocycles. The van der Waals surface area contributed by atoms with E-state index in [1.807, 2.05) is 13.8 Å². The maximum absolute atomic E-state index is 11.8. The molecule has 1 rings (SSSR count). The van der Waals surface area contributed by atoms with Gasteiger partial charge in [0.1, 0.15) is 0 Å². The number of carbonyl (C=O) groups excluding carboxylic acids is 1. The van der Waals surface area contributed by atoms with Crippen molar-refractivity contribution >= 4 is 5.91 Å². The van der Waals surface area contributed by atoms with E-state index in [4.69, 9.17) is 11.5 Å². The molecule has 0 saturated carbocycles. The second-order valence-electron chi connectivity index (χ2n) is 5.22. The molecule has 0 spiro atoms. The lowest BCUT2D eigenvalue weighted by atomic mass is 9.96. The van der Waals surface area contributed by atoms with Crippen LogP contribution in [0.2, 0.25) is 0 Å². The zero-order chi connectivity index (χ0) is 12.3. The third kappa shape index (κ3) is 3.43. The van der Waals surface area contributed by atoms with Crippen molar-refractivity contribution in [2.45, 2.75) is 38.4 Å². The minimum absolute atomic E-state index is 0.134. The highest BCUT2D eigenvalue weighted by atomic mass is 16.2. The number of likely N-dealkylation sites (tertiary alicyclic amines) is 1. The van der Waals surface area contributed by atoms with E-state index < -0.39 is 11.7 Å². The second-order valence-corrected chi connectivity index (χ2v) is 5.22. The van der Waals surface area contributed by atoms with E-state index in [2.05, 4.69) is 17.3 Å². The Hall–Kier alpha value is -0.650. The molecular weight excluding hydrogens is 204 g/mol. The predicted octanol–water partition coefficient (Wildman–Crippen LogP) is -0.533. The number of nitrogens with one attached hydrogen (secondary N) is 1. The van der Waals surface area contributed by atoms with Crippen LogP contribution in [0.15, 0.2) is 0 Å². The molecule has 0 bridgehead atoms. The van der Waals surface area contributed by atoms with Crippen LogP contribution in [0.5, 0.6) is 0 Å². The zero-order valence-corrected chi connectivity index (χ0v) is 10.5. The summed E-state index contributed by atoms with van der Waals surface area (Å²) in [6.45, 7) is 5.69. The lowest BCUT2D eigenvalue weighted by Crippen LogP contribution is -2.63. The Morgan fingerprint density at radius 3 is 2.31 bits per heavy atom. The first-order chi connectivity index (χ1) is 7.34. The highest BCUT2D eigenvalue weighted by molar-refractivity contribution is 5.82. The molecule has 1 saturated heterocycles. The van der Waals surface area contributed by atoms with Crippen molar-refractivity contribution in [2.75, 3.05) is 20.1 Å². The van der Waals surface area contributed by atoms with E-state index in [1.54, 1.807) is 0 Å². The zero-order valence-electron chi connectivity index (χ0n) is 10.5. The number of amides is 1. The summed E-state index contributed by atoms with van der Waals surface area (Å²) < 4.78 is 0. The number of hydrogen-bond donors (Lipinski definition) is 3. The van der Waals surface area contributed by atoms with Crippen LogP contribution >= 0.6 is 0 Å². The summed E-state index contributed by atoms with van der Waals surface area (Å²) in [5, 5.41) is 2.88. The highest BCUT2D eigenvalue weighted by Gasteiger charge is 2.32. The van der Waals surface area contributed by atoms with Gasteiger partial charge in [0.25, 0.3) is 0 Å². The number of nitrogens with zero attached hydrogens (tertiary/aromatic N) is 1. The number of carbonyl (C=O) groups is 1. The van der Waals surface area contributed by atoms with Crippen LogP contribution < -0.4 is 16.8 Å². The molecular formula is C11H24N4O. The van der Waals surface area contributed by atoms with Gasteiger partial charge in [0.2, 0.25) is 5.91 Å². The molecule has 16 heavy (non-hydrogen) atoms. The van der Waals surface area contributed by atoms with Crippen LogP contribution in [-0.4, -0.2) is 42.6 Å². The molecule has 5 heteroatoms. The van der Waals surface area contributed by atoms with Crippen LogP contribution in [-0.2, 0) is 4.79 Å². The smallest absolute Gasteiger partial charge is 0.238 e. The first-order valence-electron chi connectivity index (χ1n) is 5.89. The van der Waals surface area contributed by atoms with Gasteiger partial charge in [-0.25, -0.2) is 0 Å². The minimum Gasteiger partial charge on any atom is -0.337 e. The van der Waals surface area contributed by atoms with Crippen molar-refractivity contribution < 1.29 is 4.79 Å².